The van der Waals surface area contributed by atoms with Gasteiger partial charge in [0.2, 0.25) is 0 Å². The number of nitrogens with zero attached hydrogens (tertiary/aromatic N) is 2. The maximum absolute atomic E-state index is 4.15. The van der Waals surface area contributed by atoms with Gasteiger partial charge in [-0.1, -0.05) is 13.3 Å². The minimum Gasteiger partial charge on any atom is -0.308 e. The van der Waals surface area contributed by atoms with Crippen molar-refractivity contribution < 1.29 is 0 Å². The molecule has 1 fully saturated rings. The molecule has 0 aromatic carbocycles. The van der Waals surface area contributed by atoms with Crippen LogP contribution in [0.4, 0.5) is 0 Å². The third-order valence-corrected chi connectivity index (χ3v) is 3.05. The first-order chi connectivity index (χ1) is 6.81. The summed E-state index contributed by atoms with van der Waals surface area (Å²) in [6.45, 7) is 3.22. The first-order valence-electron chi connectivity index (χ1n) is 5.51. The molecule has 1 aromatic rings. The fourth-order valence-corrected chi connectivity index (χ4v) is 2.00. The van der Waals surface area contributed by atoms with E-state index in [0.29, 0.717) is 0 Å². The standard InChI is InChI=1S/C11H19N3/c1-3-4-9-7-11(9)12-8-10-5-6-13-14(10)2/h5-6,9,11-12H,3-4,7-8H2,1-2H3. The van der Waals surface area contributed by atoms with Crippen LogP contribution < -0.4 is 5.32 Å². The van der Waals surface area contributed by atoms with E-state index in [0.717, 1.165) is 18.5 Å². The molecule has 1 aromatic heterocycles. The van der Waals surface area contributed by atoms with Gasteiger partial charge < -0.3 is 5.32 Å². The molecule has 0 bridgehead atoms. The molecule has 3 nitrogen and oxygen atoms in total. The molecule has 2 unspecified atom stereocenters. The summed E-state index contributed by atoms with van der Waals surface area (Å²) in [6.07, 6.45) is 5.91. The number of hydrogen-bond donors (Lipinski definition) is 1. The van der Waals surface area contributed by atoms with Crippen molar-refractivity contribution in [1.82, 2.24) is 15.1 Å². The molecule has 1 aliphatic rings. The number of rotatable bonds is 5. The molecule has 0 radical (unpaired) electrons. The van der Waals surface area contributed by atoms with Crippen LogP contribution in [0.15, 0.2) is 12.3 Å². The molecule has 0 spiro atoms. The van der Waals surface area contributed by atoms with Crippen LogP contribution in [0.3, 0.4) is 0 Å². The Balaban J connectivity index is 1.72. The van der Waals surface area contributed by atoms with Gasteiger partial charge in [-0.2, -0.15) is 5.10 Å². The van der Waals surface area contributed by atoms with Gasteiger partial charge in [0.15, 0.2) is 0 Å². The van der Waals surface area contributed by atoms with Crippen molar-refractivity contribution >= 4 is 0 Å². The summed E-state index contributed by atoms with van der Waals surface area (Å²) >= 11 is 0. The average Bonchev–Trinajstić information content (AvgIpc) is 2.78. The second kappa shape index (κ2) is 4.13. The van der Waals surface area contributed by atoms with Gasteiger partial charge in [-0.25, -0.2) is 0 Å². The Hall–Kier alpha value is -0.830. The smallest absolute Gasteiger partial charge is 0.0518 e. The minimum absolute atomic E-state index is 0.768. The summed E-state index contributed by atoms with van der Waals surface area (Å²) in [5.41, 5.74) is 1.27. The van der Waals surface area contributed by atoms with Gasteiger partial charge in [0.1, 0.15) is 0 Å². The summed E-state index contributed by atoms with van der Waals surface area (Å²) < 4.78 is 1.93. The van der Waals surface area contributed by atoms with Gasteiger partial charge in [-0.3, -0.25) is 4.68 Å². The van der Waals surface area contributed by atoms with E-state index in [1.807, 2.05) is 17.9 Å². The number of nitrogens with one attached hydrogen (secondary N) is 1. The van der Waals surface area contributed by atoms with Crippen molar-refractivity contribution in [3.8, 4) is 0 Å². The maximum atomic E-state index is 4.15. The average molecular weight is 193 g/mol. The van der Waals surface area contributed by atoms with Gasteiger partial charge in [0.05, 0.1) is 5.69 Å². The lowest BCUT2D eigenvalue weighted by atomic mass is 10.2. The van der Waals surface area contributed by atoms with Gasteiger partial charge in [0, 0.05) is 25.8 Å². The molecule has 0 saturated heterocycles. The molecule has 78 valence electrons. The van der Waals surface area contributed by atoms with E-state index in [4.69, 9.17) is 0 Å². The number of hydrogen-bond acceptors (Lipinski definition) is 2. The molecule has 1 saturated carbocycles. The summed E-state index contributed by atoms with van der Waals surface area (Å²) in [6, 6.07) is 2.84. The lowest BCUT2D eigenvalue weighted by Crippen LogP contribution is -2.19. The largest absolute Gasteiger partial charge is 0.308 e. The lowest BCUT2D eigenvalue weighted by Gasteiger charge is -2.04. The molecule has 0 aliphatic heterocycles. The maximum Gasteiger partial charge on any atom is 0.0518 e. The minimum atomic E-state index is 0.768. The highest BCUT2D eigenvalue weighted by Gasteiger charge is 2.35. The highest BCUT2D eigenvalue weighted by molar-refractivity contribution is 5.02. The molecule has 1 heterocycles. The van der Waals surface area contributed by atoms with Crippen molar-refractivity contribution in [3.05, 3.63) is 18.0 Å². The zero-order chi connectivity index (χ0) is 9.97. The van der Waals surface area contributed by atoms with E-state index >= 15 is 0 Å². The number of aromatic nitrogens is 2. The quantitative estimate of drug-likeness (QED) is 0.771. The van der Waals surface area contributed by atoms with Crippen molar-refractivity contribution in [3.63, 3.8) is 0 Å². The van der Waals surface area contributed by atoms with E-state index in [9.17, 15) is 0 Å². The van der Waals surface area contributed by atoms with Gasteiger partial charge in [0.25, 0.3) is 0 Å². The topological polar surface area (TPSA) is 29.9 Å². The van der Waals surface area contributed by atoms with E-state index in [2.05, 4.69) is 23.4 Å². The predicted molar refractivity (Wildman–Crippen MR) is 56.9 cm³/mol. The third kappa shape index (κ3) is 2.15. The Bertz CT molecular complexity index is 292. The molecule has 1 N–H and O–H groups in total. The highest BCUT2D eigenvalue weighted by Crippen LogP contribution is 2.34. The zero-order valence-electron chi connectivity index (χ0n) is 9.03. The van der Waals surface area contributed by atoms with Crippen LogP contribution >= 0.6 is 0 Å². The summed E-state index contributed by atoms with van der Waals surface area (Å²) in [5.74, 6) is 0.938. The predicted octanol–water partition coefficient (Wildman–Crippen LogP) is 1.70. The summed E-state index contributed by atoms with van der Waals surface area (Å²) in [5, 5.41) is 7.72. The van der Waals surface area contributed by atoms with Crippen LogP contribution in [0.25, 0.3) is 0 Å². The monoisotopic (exact) mass is 193 g/mol. The fourth-order valence-electron chi connectivity index (χ4n) is 2.00. The van der Waals surface area contributed by atoms with E-state index in [-0.39, 0.29) is 0 Å². The molecule has 0 amide bonds. The molecule has 2 rings (SSSR count). The van der Waals surface area contributed by atoms with Crippen LogP contribution in [-0.4, -0.2) is 15.8 Å². The first-order valence-corrected chi connectivity index (χ1v) is 5.51. The molecule has 2 atom stereocenters. The molecular formula is C11H19N3. The summed E-state index contributed by atoms with van der Waals surface area (Å²) in [4.78, 5) is 0. The zero-order valence-corrected chi connectivity index (χ0v) is 9.03. The van der Waals surface area contributed by atoms with Crippen molar-refractivity contribution in [2.45, 2.75) is 38.8 Å². The Morgan fingerprint density at radius 2 is 2.50 bits per heavy atom. The SMILES string of the molecule is CCCC1CC1NCc1ccnn1C. The first kappa shape index (κ1) is 9.71. The van der Waals surface area contributed by atoms with Gasteiger partial charge in [-0.05, 0) is 24.8 Å². The van der Waals surface area contributed by atoms with Crippen molar-refractivity contribution in [2.75, 3.05) is 0 Å². The highest BCUT2D eigenvalue weighted by atomic mass is 15.3. The second-order valence-corrected chi connectivity index (χ2v) is 4.22. The second-order valence-electron chi connectivity index (χ2n) is 4.22. The molecule has 1 aliphatic carbocycles. The van der Waals surface area contributed by atoms with Crippen molar-refractivity contribution in [1.29, 1.82) is 0 Å². The van der Waals surface area contributed by atoms with Crippen molar-refractivity contribution in [2.24, 2.45) is 13.0 Å². The third-order valence-electron chi connectivity index (χ3n) is 3.05. The van der Waals surface area contributed by atoms with E-state index in [1.165, 1.54) is 25.0 Å². The van der Waals surface area contributed by atoms with Gasteiger partial charge >= 0.3 is 0 Å². The summed E-state index contributed by atoms with van der Waals surface area (Å²) in [7, 11) is 1.99. The van der Waals surface area contributed by atoms with E-state index < -0.39 is 0 Å². The molecular weight excluding hydrogens is 174 g/mol. The van der Waals surface area contributed by atoms with Crippen LogP contribution in [-0.2, 0) is 13.6 Å². The fraction of sp³-hybridized carbons (Fsp3) is 0.727. The molecule has 14 heavy (non-hydrogen) atoms. The van der Waals surface area contributed by atoms with Crippen LogP contribution in [0.1, 0.15) is 31.9 Å². The van der Waals surface area contributed by atoms with Gasteiger partial charge in [-0.15, -0.1) is 0 Å². The normalized spacial score (nSPS) is 25.3. The Labute approximate surface area is 85.5 Å². The van der Waals surface area contributed by atoms with Crippen LogP contribution in [0, 0.1) is 5.92 Å². The van der Waals surface area contributed by atoms with E-state index in [1.54, 1.807) is 0 Å². The van der Waals surface area contributed by atoms with Crippen LogP contribution in [0.2, 0.25) is 0 Å². The Morgan fingerprint density at radius 3 is 3.14 bits per heavy atom. The van der Waals surface area contributed by atoms with Crippen LogP contribution in [0.5, 0.6) is 0 Å². The molecule has 3 heteroatoms. The Kier molecular flexibility index (Phi) is 2.87. The number of aryl methyl sites for hydroxylation is 1. The lowest BCUT2D eigenvalue weighted by molar-refractivity contribution is 0.575. The Morgan fingerprint density at radius 1 is 1.64 bits per heavy atom.